The minimum Gasteiger partial charge on any atom is -0.303 e. The van der Waals surface area contributed by atoms with Crippen LogP contribution in [0.5, 0.6) is 0 Å². The average Bonchev–Trinajstić information content (AvgIpc) is 2.14. The van der Waals surface area contributed by atoms with Gasteiger partial charge < -0.3 is 14.9 Å². The van der Waals surface area contributed by atoms with E-state index in [1.807, 2.05) is 21.1 Å². The molecule has 0 aliphatic rings. The number of nitrogens with one attached hydrogen (secondary N) is 4. The van der Waals surface area contributed by atoms with Crippen molar-refractivity contribution in [3.8, 4) is 0 Å². The largest absolute Gasteiger partial charge is 0.365 e. The zero-order chi connectivity index (χ0) is 10.5. The van der Waals surface area contributed by atoms with Gasteiger partial charge in [-0.15, -0.1) is 0 Å². The first kappa shape index (κ1) is 13.1. The zero-order valence-corrected chi connectivity index (χ0v) is 10.7. The molecule has 0 aliphatic heterocycles. The molecular weight excluding hydrogens is 180 g/mol. The van der Waals surface area contributed by atoms with Gasteiger partial charge in [-0.1, -0.05) is 6.92 Å². The molecule has 80 valence electrons. The fourth-order valence-corrected chi connectivity index (χ4v) is 3.48. The van der Waals surface area contributed by atoms with Crippen LogP contribution in [-0.4, -0.2) is 35.4 Å². The molecule has 0 radical (unpaired) electrons. The number of rotatable bonds is 6. The molecule has 0 spiro atoms. The van der Waals surface area contributed by atoms with Gasteiger partial charge in [0.2, 0.25) is 0 Å². The zero-order valence-electron chi connectivity index (χ0n) is 9.71. The number of hydrogen-bond donors (Lipinski definition) is 4. The topological polar surface area (TPSA) is 48.1 Å². The maximum atomic E-state index is 3.61. The summed E-state index contributed by atoms with van der Waals surface area (Å²) in [5.41, 5.74) is 0.154. The lowest BCUT2D eigenvalue weighted by molar-refractivity contribution is 0.432. The summed E-state index contributed by atoms with van der Waals surface area (Å²) in [5, 5.41) is 0. The van der Waals surface area contributed by atoms with E-state index in [4.69, 9.17) is 0 Å². The van der Waals surface area contributed by atoms with Crippen molar-refractivity contribution < 1.29 is 0 Å². The minimum absolute atomic E-state index is 0.154. The van der Waals surface area contributed by atoms with Crippen molar-refractivity contribution in [3.05, 3.63) is 0 Å². The van der Waals surface area contributed by atoms with E-state index in [9.17, 15) is 0 Å². The van der Waals surface area contributed by atoms with Crippen molar-refractivity contribution in [1.82, 2.24) is 19.9 Å². The second kappa shape index (κ2) is 5.07. The molecule has 0 saturated heterocycles. The molecular formula is C8H24N4Si. The highest BCUT2D eigenvalue weighted by Gasteiger charge is 2.34. The Kier molecular flexibility index (Phi) is 5.09. The highest BCUT2D eigenvalue weighted by Crippen LogP contribution is 2.07. The van der Waals surface area contributed by atoms with Crippen molar-refractivity contribution in [2.45, 2.75) is 32.7 Å². The lowest BCUT2D eigenvalue weighted by Gasteiger charge is -2.38. The summed E-state index contributed by atoms with van der Waals surface area (Å²) < 4.78 is 0. The van der Waals surface area contributed by atoms with Gasteiger partial charge in [0.25, 0.3) is 0 Å². The second-order valence-corrected chi connectivity index (χ2v) is 7.11. The van der Waals surface area contributed by atoms with Gasteiger partial charge in [-0.05, 0) is 41.4 Å². The monoisotopic (exact) mass is 204 g/mol. The summed E-state index contributed by atoms with van der Waals surface area (Å²) in [7, 11) is 4.04. The number of hydrogen-bond acceptors (Lipinski definition) is 4. The van der Waals surface area contributed by atoms with Crippen LogP contribution < -0.4 is 19.9 Å². The predicted molar refractivity (Wildman–Crippen MR) is 60.4 cm³/mol. The maximum absolute atomic E-state index is 3.61. The van der Waals surface area contributed by atoms with E-state index in [0.29, 0.717) is 0 Å². The van der Waals surface area contributed by atoms with E-state index < -0.39 is 8.72 Å². The summed E-state index contributed by atoms with van der Waals surface area (Å²) in [4.78, 5) is 13.5. The van der Waals surface area contributed by atoms with Crippen molar-refractivity contribution in [3.63, 3.8) is 0 Å². The quantitative estimate of drug-likeness (QED) is 0.455. The van der Waals surface area contributed by atoms with Gasteiger partial charge in [-0.25, -0.2) is 0 Å². The van der Waals surface area contributed by atoms with Crippen LogP contribution in [0.3, 0.4) is 0 Å². The van der Waals surface area contributed by atoms with Crippen LogP contribution in [0.4, 0.5) is 0 Å². The third-order valence-corrected chi connectivity index (χ3v) is 5.84. The molecule has 0 aromatic heterocycles. The Balaban J connectivity index is 4.41. The lowest BCUT2D eigenvalue weighted by atomic mass is 10.0. The van der Waals surface area contributed by atoms with Gasteiger partial charge in [-0.3, -0.25) is 4.98 Å². The van der Waals surface area contributed by atoms with Gasteiger partial charge in [0.05, 0.1) is 0 Å². The Morgan fingerprint density at radius 1 is 1.00 bits per heavy atom. The fraction of sp³-hybridized carbons (Fsp3) is 1.00. The average molecular weight is 204 g/mol. The summed E-state index contributed by atoms with van der Waals surface area (Å²) in [6.07, 6.45) is 1.10. The third-order valence-electron chi connectivity index (χ3n) is 2.53. The Labute approximate surface area is 83.2 Å². The van der Waals surface area contributed by atoms with E-state index in [2.05, 4.69) is 40.7 Å². The van der Waals surface area contributed by atoms with E-state index >= 15 is 0 Å². The Hall–Kier alpha value is 0.0569. The molecule has 0 aromatic rings. The second-order valence-electron chi connectivity index (χ2n) is 3.86. The van der Waals surface area contributed by atoms with Crippen LogP contribution >= 0.6 is 0 Å². The van der Waals surface area contributed by atoms with Crippen molar-refractivity contribution >= 4 is 8.72 Å². The van der Waals surface area contributed by atoms with Crippen molar-refractivity contribution in [2.24, 2.45) is 0 Å². The molecule has 0 atom stereocenters. The molecule has 0 rings (SSSR count). The minimum atomic E-state index is -1.87. The Morgan fingerprint density at radius 2 is 1.38 bits per heavy atom. The summed E-state index contributed by atoms with van der Waals surface area (Å²) in [6, 6.07) is 0. The Morgan fingerprint density at radius 3 is 1.62 bits per heavy atom. The van der Waals surface area contributed by atoms with E-state index in [0.717, 1.165) is 6.42 Å². The summed E-state index contributed by atoms with van der Waals surface area (Å²) in [5.74, 6) is 0. The summed E-state index contributed by atoms with van der Waals surface area (Å²) >= 11 is 0. The van der Waals surface area contributed by atoms with Gasteiger partial charge in [0.1, 0.15) is 0 Å². The maximum Gasteiger partial charge on any atom is 0.365 e. The molecule has 0 bridgehead atoms. The van der Waals surface area contributed by atoms with Crippen LogP contribution in [0.15, 0.2) is 0 Å². The molecule has 13 heavy (non-hydrogen) atoms. The molecule has 4 N–H and O–H groups in total. The van der Waals surface area contributed by atoms with Crippen molar-refractivity contribution in [2.75, 3.05) is 21.1 Å². The Bertz CT molecular complexity index is 137. The molecule has 0 saturated carbocycles. The first-order chi connectivity index (χ1) is 5.95. The normalized spacial score (nSPS) is 13.4. The van der Waals surface area contributed by atoms with E-state index in [1.54, 1.807) is 0 Å². The van der Waals surface area contributed by atoms with Gasteiger partial charge >= 0.3 is 8.72 Å². The highest BCUT2D eigenvalue weighted by molar-refractivity contribution is 6.70. The molecule has 0 amide bonds. The van der Waals surface area contributed by atoms with Crippen LogP contribution in [0.25, 0.3) is 0 Å². The van der Waals surface area contributed by atoms with E-state index in [-0.39, 0.29) is 5.54 Å². The standard InChI is InChI=1S/C8H24N4Si/c1-7-8(2,3)12-13(9-4,10-5)11-6/h9-12H,7H2,1-6H3. The van der Waals surface area contributed by atoms with Crippen molar-refractivity contribution in [1.29, 1.82) is 0 Å². The van der Waals surface area contributed by atoms with Gasteiger partial charge in [0.15, 0.2) is 0 Å². The fourth-order valence-electron chi connectivity index (χ4n) is 1.16. The third kappa shape index (κ3) is 3.74. The molecule has 4 nitrogen and oxygen atoms in total. The first-order valence-corrected chi connectivity index (χ1v) is 6.81. The van der Waals surface area contributed by atoms with Gasteiger partial charge in [-0.2, -0.15) is 0 Å². The molecule has 0 fully saturated rings. The molecule has 0 unspecified atom stereocenters. The van der Waals surface area contributed by atoms with Crippen LogP contribution in [0.2, 0.25) is 0 Å². The van der Waals surface area contributed by atoms with Gasteiger partial charge in [0, 0.05) is 5.54 Å². The first-order valence-electron chi connectivity index (χ1n) is 4.81. The lowest BCUT2D eigenvalue weighted by Crippen LogP contribution is -2.81. The highest BCUT2D eigenvalue weighted by atomic mass is 28.4. The molecule has 0 aliphatic carbocycles. The molecule has 0 heterocycles. The summed E-state index contributed by atoms with van der Waals surface area (Å²) in [6.45, 7) is 6.61. The van der Waals surface area contributed by atoms with E-state index in [1.165, 1.54) is 0 Å². The van der Waals surface area contributed by atoms with Crippen LogP contribution in [-0.2, 0) is 0 Å². The molecule has 0 aromatic carbocycles. The molecule has 5 heteroatoms. The smallest absolute Gasteiger partial charge is 0.303 e. The predicted octanol–water partition coefficient (Wildman–Crippen LogP) is -0.142. The SMILES string of the molecule is CCC(C)(C)N[Si](NC)(NC)NC. The van der Waals surface area contributed by atoms with Crippen LogP contribution in [0, 0.1) is 0 Å². The van der Waals surface area contributed by atoms with Crippen LogP contribution in [0.1, 0.15) is 27.2 Å².